The van der Waals surface area contributed by atoms with Gasteiger partial charge in [-0.25, -0.2) is 4.98 Å². The van der Waals surface area contributed by atoms with Crippen molar-refractivity contribution in [1.82, 2.24) is 14.9 Å². The van der Waals surface area contributed by atoms with E-state index in [0.717, 1.165) is 48.7 Å². The highest BCUT2D eigenvalue weighted by Gasteiger charge is 2.19. The molecule has 3 aromatic rings. The maximum atomic E-state index is 11.0. The van der Waals surface area contributed by atoms with Gasteiger partial charge in [-0.2, -0.15) is 4.98 Å². The van der Waals surface area contributed by atoms with E-state index in [9.17, 15) is 4.79 Å². The average molecular weight is 387 g/mol. The molecule has 0 atom stereocenters. The number of aromatic nitrogens is 2. The Morgan fingerprint density at radius 2 is 1.69 bits per heavy atom. The highest BCUT2D eigenvalue weighted by molar-refractivity contribution is 5.69. The molecule has 0 aliphatic carbocycles. The number of hydrogen-bond acceptors (Lipinski definition) is 5. The average Bonchev–Trinajstić information content (AvgIpc) is 2.80. The molecule has 1 aromatic heterocycles. The first-order valence-corrected chi connectivity index (χ1v) is 10.0. The van der Waals surface area contributed by atoms with Crippen molar-refractivity contribution in [3.63, 3.8) is 0 Å². The molecule has 0 saturated carbocycles. The zero-order chi connectivity index (χ0) is 20.1. The lowest BCUT2D eigenvalue weighted by atomic mass is 10.1. The molecule has 0 radical (unpaired) electrons. The number of aryl methyl sites for hydroxylation is 1. The first kappa shape index (κ1) is 18.9. The predicted molar refractivity (Wildman–Crippen MR) is 116 cm³/mol. The zero-order valence-corrected chi connectivity index (χ0v) is 16.6. The number of nitrogens with zero attached hydrogens (tertiary/aromatic N) is 4. The van der Waals surface area contributed by atoms with Crippen LogP contribution in [0.5, 0.6) is 0 Å². The number of anilines is 3. The van der Waals surface area contributed by atoms with Crippen LogP contribution in [0.1, 0.15) is 12.5 Å². The largest absolute Gasteiger partial charge is 0.342 e. The van der Waals surface area contributed by atoms with Gasteiger partial charge in [-0.05, 0) is 18.1 Å². The summed E-state index contributed by atoms with van der Waals surface area (Å²) in [5.41, 5.74) is 4.23. The topological polar surface area (TPSA) is 61.4 Å². The maximum absolute atomic E-state index is 11.0. The first-order valence-electron chi connectivity index (χ1n) is 10.0. The van der Waals surface area contributed by atoms with Gasteiger partial charge in [-0.15, -0.1) is 0 Å². The van der Waals surface area contributed by atoms with E-state index in [1.807, 2.05) is 30.3 Å². The summed E-state index contributed by atoms with van der Waals surface area (Å²) in [6.07, 6.45) is 1.85. The Kier molecular flexibility index (Phi) is 5.70. The second-order valence-corrected chi connectivity index (χ2v) is 7.07. The van der Waals surface area contributed by atoms with Crippen LogP contribution in [-0.4, -0.2) is 47.5 Å². The summed E-state index contributed by atoms with van der Waals surface area (Å²) in [7, 11) is 0. The molecule has 1 amide bonds. The molecule has 2 aromatic carbocycles. The predicted octanol–water partition coefficient (Wildman–Crippen LogP) is 3.73. The lowest BCUT2D eigenvalue weighted by molar-refractivity contribution is -0.118. The molecule has 1 N–H and O–H groups in total. The third-order valence-corrected chi connectivity index (χ3v) is 5.19. The number of benzene rings is 2. The monoisotopic (exact) mass is 387 g/mol. The normalized spacial score (nSPS) is 14.0. The van der Waals surface area contributed by atoms with Gasteiger partial charge in [0.05, 0.1) is 5.69 Å². The Balaban J connectivity index is 1.69. The minimum Gasteiger partial charge on any atom is -0.342 e. The Labute approximate surface area is 171 Å². The van der Waals surface area contributed by atoms with Crippen LogP contribution >= 0.6 is 0 Å². The van der Waals surface area contributed by atoms with Crippen LogP contribution in [0.2, 0.25) is 0 Å². The molecule has 1 fully saturated rings. The molecule has 0 unspecified atom stereocenters. The van der Waals surface area contributed by atoms with E-state index in [0.29, 0.717) is 19.0 Å². The lowest BCUT2D eigenvalue weighted by Crippen LogP contribution is -2.46. The van der Waals surface area contributed by atoms with E-state index in [1.165, 1.54) is 5.56 Å². The van der Waals surface area contributed by atoms with Crippen molar-refractivity contribution in [2.45, 2.75) is 13.3 Å². The molecule has 6 heteroatoms. The van der Waals surface area contributed by atoms with Gasteiger partial charge in [0, 0.05) is 43.5 Å². The van der Waals surface area contributed by atoms with E-state index in [-0.39, 0.29) is 0 Å². The second-order valence-electron chi connectivity index (χ2n) is 7.07. The fourth-order valence-corrected chi connectivity index (χ4v) is 3.51. The molecule has 148 valence electrons. The van der Waals surface area contributed by atoms with Crippen molar-refractivity contribution < 1.29 is 4.79 Å². The Morgan fingerprint density at radius 3 is 2.41 bits per heavy atom. The van der Waals surface area contributed by atoms with E-state index < -0.39 is 0 Å². The highest BCUT2D eigenvalue weighted by atomic mass is 16.1. The van der Waals surface area contributed by atoms with Crippen LogP contribution in [-0.2, 0) is 11.2 Å². The maximum Gasteiger partial charge on any atom is 0.228 e. The summed E-state index contributed by atoms with van der Waals surface area (Å²) in [4.78, 5) is 24.6. The number of hydrogen-bond donors (Lipinski definition) is 1. The van der Waals surface area contributed by atoms with Crippen molar-refractivity contribution >= 4 is 23.9 Å². The molecular weight excluding hydrogens is 362 g/mol. The number of carbonyl (C=O) groups excluding carboxylic acids is 1. The summed E-state index contributed by atoms with van der Waals surface area (Å²) < 4.78 is 0. The highest BCUT2D eigenvalue weighted by Crippen LogP contribution is 2.27. The van der Waals surface area contributed by atoms with Crippen molar-refractivity contribution in [3.8, 4) is 11.3 Å². The molecule has 29 heavy (non-hydrogen) atoms. The standard InChI is InChI=1S/C23H25N5O/c1-2-18-8-6-7-11-20(18)24-22-16-21(19-9-4-3-5-10-19)25-23(26-22)28-14-12-27(17-29)13-15-28/h3-11,16-17H,2,12-15H2,1H3,(H,24,25,26). The van der Waals surface area contributed by atoms with Crippen molar-refractivity contribution in [2.24, 2.45) is 0 Å². The third kappa shape index (κ3) is 4.37. The van der Waals surface area contributed by atoms with Gasteiger partial charge in [0.15, 0.2) is 0 Å². The number of nitrogens with one attached hydrogen (secondary N) is 1. The lowest BCUT2D eigenvalue weighted by Gasteiger charge is -2.32. The van der Waals surface area contributed by atoms with Crippen LogP contribution < -0.4 is 10.2 Å². The van der Waals surface area contributed by atoms with Crippen LogP contribution in [0.3, 0.4) is 0 Å². The van der Waals surface area contributed by atoms with E-state index in [1.54, 1.807) is 4.90 Å². The minimum absolute atomic E-state index is 0.684. The number of para-hydroxylation sites is 1. The smallest absolute Gasteiger partial charge is 0.228 e. The molecule has 1 aliphatic rings. The van der Waals surface area contributed by atoms with Crippen molar-refractivity contribution in [1.29, 1.82) is 0 Å². The molecule has 1 saturated heterocycles. The molecule has 0 spiro atoms. The van der Waals surface area contributed by atoms with Gasteiger partial charge in [0.2, 0.25) is 12.4 Å². The second kappa shape index (κ2) is 8.73. The quantitative estimate of drug-likeness (QED) is 0.653. The summed E-state index contributed by atoms with van der Waals surface area (Å²) in [5.74, 6) is 1.46. The van der Waals surface area contributed by atoms with Gasteiger partial charge in [-0.3, -0.25) is 4.79 Å². The molecular formula is C23H25N5O. The van der Waals surface area contributed by atoms with Crippen LogP contribution in [0.4, 0.5) is 17.5 Å². The van der Waals surface area contributed by atoms with E-state index >= 15 is 0 Å². The SMILES string of the molecule is CCc1ccccc1Nc1cc(-c2ccccc2)nc(N2CCN(C=O)CC2)n1. The fraction of sp³-hybridized carbons (Fsp3) is 0.261. The van der Waals surface area contributed by atoms with Crippen molar-refractivity contribution in [2.75, 3.05) is 36.4 Å². The molecule has 1 aliphatic heterocycles. The molecule has 2 heterocycles. The summed E-state index contributed by atoms with van der Waals surface area (Å²) in [5, 5.41) is 3.49. The van der Waals surface area contributed by atoms with E-state index in [2.05, 4.69) is 47.5 Å². The van der Waals surface area contributed by atoms with Crippen LogP contribution in [0, 0.1) is 0 Å². The molecule has 6 nitrogen and oxygen atoms in total. The minimum atomic E-state index is 0.684. The van der Waals surface area contributed by atoms with E-state index in [4.69, 9.17) is 9.97 Å². The Hall–Kier alpha value is -3.41. The summed E-state index contributed by atoms with van der Waals surface area (Å²) >= 11 is 0. The Morgan fingerprint density at radius 1 is 0.966 bits per heavy atom. The molecule has 0 bridgehead atoms. The van der Waals surface area contributed by atoms with Gasteiger partial charge in [-0.1, -0.05) is 55.5 Å². The molecule has 4 rings (SSSR count). The van der Waals surface area contributed by atoms with Crippen molar-refractivity contribution in [3.05, 3.63) is 66.2 Å². The van der Waals surface area contributed by atoms with Gasteiger partial charge >= 0.3 is 0 Å². The zero-order valence-electron chi connectivity index (χ0n) is 16.6. The van der Waals surface area contributed by atoms with Gasteiger partial charge in [0.25, 0.3) is 0 Å². The van der Waals surface area contributed by atoms with Gasteiger partial charge in [0.1, 0.15) is 5.82 Å². The number of carbonyl (C=O) groups is 1. The number of piperazine rings is 1. The fourth-order valence-electron chi connectivity index (χ4n) is 3.51. The summed E-state index contributed by atoms with van der Waals surface area (Å²) in [6.45, 7) is 4.96. The van der Waals surface area contributed by atoms with Gasteiger partial charge < -0.3 is 15.1 Å². The first-order chi connectivity index (χ1) is 14.3. The number of rotatable bonds is 6. The van der Waals surface area contributed by atoms with Crippen LogP contribution in [0.25, 0.3) is 11.3 Å². The Bertz CT molecular complexity index is 968. The number of amides is 1. The summed E-state index contributed by atoms with van der Waals surface area (Å²) in [6, 6.07) is 20.4. The van der Waals surface area contributed by atoms with Crippen LogP contribution in [0.15, 0.2) is 60.7 Å². The third-order valence-electron chi connectivity index (χ3n) is 5.19.